The molecule has 1 aromatic rings. The highest BCUT2D eigenvalue weighted by atomic mass is 19.1. The molecular weight excluding hydrogens is 353 g/mol. The Morgan fingerprint density at radius 1 is 1.37 bits per heavy atom. The van der Waals surface area contributed by atoms with E-state index in [1.54, 1.807) is 12.1 Å². The predicted octanol–water partition coefficient (Wildman–Crippen LogP) is 2.09. The first-order chi connectivity index (χ1) is 12.7. The molecule has 27 heavy (non-hydrogen) atoms. The number of halogens is 1. The van der Waals surface area contributed by atoms with Gasteiger partial charge >= 0.3 is 6.09 Å². The van der Waals surface area contributed by atoms with E-state index in [-0.39, 0.29) is 24.8 Å². The van der Waals surface area contributed by atoms with Gasteiger partial charge in [-0.1, -0.05) is 13.8 Å². The van der Waals surface area contributed by atoms with Gasteiger partial charge in [0.15, 0.2) is 0 Å². The molecule has 7 nitrogen and oxygen atoms in total. The molecule has 0 aliphatic carbocycles. The number of benzene rings is 1. The number of rotatable bonds is 4. The molecule has 0 aromatic heterocycles. The Morgan fingerprint density at radius 2 is 2.11 bits per heavy atom. The SMILES string of the molecule is CC(=O)NCC1CN(c2ccc(N3CCC(=O)C(C)(C)C3)c(F)c2)C(=O)O1. The third-order valence-corrected chi connectivity index (χ3v) is 4.99. The van der Waals surface area contributed by atoms with Gasteiger partial charge in [-0.05, 0) is 18.2 Å². The molecule has 146 valence electrons. The van der Waals surface area contributed by atoms with Crippen molar-refractivity contribution in [3.05, 3.63) is 24.0 Å². The van der Waals surface area contributed by atoms with Gasteiger partial charge < -0.3 is 15.0 Å². The fraction of sp³-hybridized carbons (Fsp3) is 0.526. The molecule has 2 amide bonds. The van der Waals surface area contributed by atoms with Crippen molar-refractivity contribution in [1.82, 2.24) is 5.32 Å². The molecule has 0 saturated carbocycles. The van der Waals surface area contributed by atoms with E-state index in [4.69, 9.17) is 4.74 Å². The maximum Gasteiger partial charge on any atom is 0.414 e. The Labute approximate surface area is 157 Å². The van der Waals surface area contributed by atoms with Crippen molar-refractivity contribution in [1.29, 1.82) is 0 Å². The summed E-state index contributed by atoms with van der Waals surface area (Å²) in [7, 11) is 0. The number of hydrogen-bond acceptors (Lipinski definition) is 5. The van der Waals surface area contributed by atoms with Crippen LogP contribution in [0.4, 0.5) is 20.6 Å². The Bertz CT molecular complexity index is 780. The molecule has 0 radical (unpaired) electrons. The number of carbonyl (C=O) groups excluding carboxylic acids is 3. The summed E-state index contributed by atoms with van der Waals surface area (Å²) < 4.78 is 20.0. The second kappa shape index (κ2) is 7.17. The zero-order valence-corrected chi connectivity index (χ0v) is 15.8. The molecular formula is C19H24FN3O4. The summed E-state index contributed by atoms with van der Waals surface area (Å²) in [6, 6.07) is 4.61. The van der Waals surface area contributed by atoms with Crippen molar-refractivity contribution >= 4 is 29.2 Å². The van der Waals surface area contributed by atoms with Crippen LogP contribution in [0.3, 0.4) is 0 Å². The monoisotopic (exact) mass is 377 g/mol. The third-order valence-electron chi connectivity index (χ3n) is 4.99. The van der Waals surface area contributed by atoms with Crippen molar-refractivity contribution in [3.63, 3.8) is 0 Å². The maximum absolute atomic E-state index is 14.8. The molecule has 1 N–H and O–H groups in total. The molecule has 2 fully saturated rings. The van der Waals surface area contributed by atoms with Crippen LogP contribution >= 0.6 is 0 Å². The largest absolute Gasteiger partial charge is 0.442 e. The van der Waals surface area contributed by atoms with Crippen LogP contribution in [0.25, 0.3) is 0 Å². The number of nitrogens with one attached hydrogen (secondary N) is 1. The molecule has 1 aromatic carbocycles. The zero-order chi connectivity index (χ0) is 19.8. The van der Waals surface area contributed by atoms with E-state index in [1.807, 2.05) is 18.7 Å². The number of ether oxygens (including phenoxy) is 1. The van der Waals surface area contributed by atoms with E-state index >= 15 is 0 Å². The average Bonchev–Trinajstić information content (AvgIpc) is 2.96. The van der Waals surface area contributed by atoms with Gasteiger partial charge in [0.1, 0.15) is 17.7 Å². The van der Waals surface area contributed by atoms with Crippen LogP contribution in [0.5, 0.6) is 0 Å². The van der Waals surface area contributed by atoms with E-state index < -0.39 is 23.4 Å². The van der Waals surface area contributed by atoms with E-state index in [2.05, 4.69) is 5.32 Å². The van der Waals surface area contributed by atoms with E-state index in [9.17, 15) is 18.8 Å². The Kier molecular flexibility index (Phi) is 5.08. The van der Waals surface area contributed by atoms with Gasteiger partial charge in [0, 0.05) is 31.8 Å². The summed E-state index contributed by atoms with van der Waals surface area (Å²) in [5.41, 5.74) is 0.305. The molecule has 1 atom stereocenters. The fourth-order valence-electron chi connectivity index (χ4n) is 3.44. The van der Waals surface area contributed by atoms with Crippen LogP contribution in [0, 0.1) is 11.2 Å². The fourth-order valence-corrected chi connectivity index (χ4v) is 3.44. The lowest BCUT2D eigenvalue weighted by Crippen LogP contribution is -2.46. The van der Waals surface area contributed by atoms with Crippen LogP contribution < -0.4 is 15.1 Å². The normalized spacial score (nSPS) is 22.0. The smallest absolute Gasteiger partial charge is 0.414 e. The summed E-state index contributed by atoms with van der Waals surface area (Å²) in [6.45, 7) is 6.50. The lowest BCUT2D eigenvalue weighted by molar-refractivity contribution is -0.127. The zero-order valence-electron chi connectivity index (χ0n) is 15.8. The number of Topliss-reactive ketones (excluding diaryl/α,β-unsaturated/α-hetero) is 1. The van der Waals surface area contributed by atoms with Crippen LogP contribution in [0.15, 0.2) is 18.2 Å². The summed E-state index contributed by atoms with van der Waals surface area (Å²) in [6.07, 6.45) is -0.655. The Hall–Kier alpha value is -2.64. The van der Waals surface area contributed by atoms with Crippen LogP contribution in [-0.4, -0.2) is 50.1 Å². The topological polar surface area (TPSA) is 79.0 Å². The van der Waals surface area contributed by atoms with E-state index in [0.29, 0.717) is 30.9 Å². The van der Waals surface area contributed by atoms with E-state index in [1.165, 1.54) is 17.9 Å². The highest BCUT2D eigenvalue weighted by Gasteiger charge is 2.36. The molecule has 8 heteroatoms. The average molecular weight is 377 g/mol. The molecule has 2 heterocycles. The van der Waals surface area contributed by atoms with E-state index in [0.717, 1.165) is 0 Å². The van der Waals surface area contributed by atoms with Crippen LogP contribution in [0.2, 0.25) is 0 Å². The number of hydrogen-bond donors (Lipinski definition) is 1. The van der Waals surface area contributed by atoms with Crippen LogP contribution in [0.1, 0.15) is 27.2 Å². The minimum absolute atomic E-state index is 0.181. The van der Waals surface area contributed by atoms with Crippen molar-refractivity contribution in [2.75, 3.05) is 36.0 Å². The minimum Gasteiger partial charge on any atom is -0.442 e. The first-order valence-electron chi connectivity index (χ1n) is 8.98. The number of cyclic esters (lactones) is 1. The summed E-state index contributed by atoms with van der Waals surface area (Å²) in [5.74, 6) is -0.473. The predicted molar refractivity (Wildman–Crippen MR) is 98.3 cm³/mol. The molecule has 3 rings (SSSR count). The summed E-state index contributed by atoms with van der Waals surface area (Å²) >= 11 is 0. The van der Waals surface area contributed by atoms with Gasteiger partial charge in [0.25, 0.3) is 0 Å². The second-order valence-electron chi connectivity index (χ2n) is 7.67. The molecule has 2 aliphatic rings. The molecule has 2 saturated heterocycles. The summed E-state index contributed by atoms with van der Waals surface area (Å²) in [5, 5.41) is 2.60. The third kappa shape index (κ3) is 4.04. The van der Waals surface area contributed by atoms with Gasteiger partial charge in [-0.25, -0.2) is 9.18 Å². The Morgan fingerprint density at radius 3 is 2.74 bits per heavy atom. The van der Waals surface area contributed by atoms with Crippen molar-refractivity contribution < 1.29 is 23.5 Å². The van der Waals surface area contributed by atoms with Gasteiger partial charge in [-0.3, -0.25) is 14.5 Å². The molecule has 0 bridgehead atoms. The van der Waals surface area contributed by atoms with Gasteiger partial charge in [0.05, 0.1) is 24.5 Å². The van der Waals surface area contributed by atoms with Crippen molar-refractivity contribution in [2.24, 2.45) is 5.41 Å². The number of nitrogens with zero attached hydrogens (tertiary/aromatic N) is 2. The standard InChI is InChI=1S/C19H24FN3O4/c1-12(24)21-9-14-10-23(18(26)27-14)13-4-5-16(15(20)8-13)22-7-6-17(25)19(2,3)11-22/h4-5,8,14H,6-7,9-11H2,1-3H3,(H,21,24). The number of ketones is 1. The maximum atomic E-state index is 14.8. The molecule has 0 spiro atoms. The Balaban J connectivity index is 1.72. The highest BCUT2D eigenvalue weighted by molar-refractivity contribution is 5.90. The first-order valence-corrected chi connectivity index (χ1v) is 8.98. The minimum atomic E-state index is -0.567. The summed E-state index contributed by atoms with van der Waals surface area (Å²) in [4.78, 5) is 38.2. The first kappa shape index (κ1) is 19.1. The van der Waals surface area contributed by atoms with Gasteiger partial charge in [-0.2, -0.15) is 0 Å². The second-order valence-corrected chi connectivity index (χ2v) is 7.67. The number of anilines is 2. The number of carbonyl (C=O) groups is 3. The quantitative estimate of drug-likeness (QED) is 0.869. The lowest BCUT2D eigenvalue weighted by Gasteiger charge is -2.38. The number of piperidine rings is 1. The number of amides is 2. The highest BCUT2D eigenvalue weighted by Crippen LogP contribution is 2.33. The molecule has 1 unspecified atom stereocenters. The lowest BCUT2D eigenvalue weighted by atomic mass is 9.82. The molecule has 2 aliphatic heterocycles. The van der Waals surface area contributed by atoms with Gasteiger partial charge in [0.2, 0.25) is 5.91 Å². The van der Waals surface area contributed by atoms with Crippen molar-refractivity contribution in [3.8, 4) is 0 Å². The van der Waals surface area contributed by atoms with Crippen LogP contribution in [-0.2, 0) is 14.3 Å². The van der Waals surface area contributed by atoms with Crippen molar-refractivity contribution in [2.45, 2.75) is 33.3 Å². The van der Waals surface area contributed by atoms with Gasteiger partial charge in [-0.15, -0.1) is 0 Å².